The Morgan fingerprint density at radius 1 is 1.19 bits per heavy atom. The maximum Gasteiger partial charge on any atom is 0.187 e. The van der Waals surface area contributed by atoms with E-state index in [0.717, 1.165) is 62.4 Å². The molecule has 0 aromatic heterocycles. The SMILES string of the molecule is CCC1(COCCC[Si](C)(C)OC([SiH3])(CC)CC)COC1. The average Bonchev–Trinajstić information content (AvgIpc) is 2.40. The van der Waals surface area contributed by atoms with Crippen molar-refractivity contribution in [2.45, 2.75) is 70.8 Å². The highest BCUT2D eigenvalue weighted by molar-refractivity contribution is 6.71. The van der Waals surface area contributed by atoms with Gasteiger partial charge in [0.25, 0.3) is 0 Å². The van der Waals surface area contributed by atoms with Gasteiger partial charge in [0.05, 0.1) is 19.8 Å². The summed E-state index contributed by atoms with van der Waals surface area (Å²) in [7, 11) is -0.419. The van der Waals surface area contributed by atoms with E-state index in [-0.39, 0.29) is 5.22 Å². The summed E-state index contributed by atoms with van der Waals surface area (Å²) >= 11 is 0. The lowest BCUT2D eigenvalue weighted by Gasteiger charge is -2.40. The summed E-state index contributed by atoms with van der Waals surface area (Å²) < 4.78 is 17.8. The summed E-state index contributed by atoms with van der Waals surface area (Å²) in [6.07, 6.45) is 4.60. The Morgan fingerprint density at radius 2 is 1.81 bits per heavy atom. The molecule has 126 valence electrons. The quantitative estimate of drug-likeness (QED) is 0.430. The van der Waals surface area contributed by atoms with Gasteiger partial charge < -0.3 is 13.9 Å². The first-order chi connectivity index (χ1) is 9.80. The Labute approximate surface area is 135 Å². The van der Waals surface area contributed by atoms with Gasteiger partial charge >= 0.3 is 0 Å². The third-order valence-electron chi connectivity index (χ3n) is 5.06. The molecule has 0 atom stereocenters. The molecule has 0 radical (unpaired) electrons. The summed E-state index contributed by atoms with van der Waals surface area (Å²) in [6, 6.07) is 1.20. The molecule has 0 unspecified atom stereocenters. The molecular weight excluding hydrogens is 296 g/mol. The first-order valence-corrected chi connectivity index (χ1v) is 12.8. The van der Waals surface area contributed by atoms with E-state index in [0.29, 0.717) is 5.41 Å². The van der Waals surface area contributed by atoms with Crippen LogP contribution in [0.5, 0.6) is 0 Å². The van der Waals surface area contributed by atoms with Gasteiger partial charge in [-0.1, -0.05) is 20.8 Å². The molecule has 0 aromatic rings. The van der Waals surface area contributed by atoms with Crippen LogP contribution in [0.1, 0.15) is 46.5 Å². The Morgan fingerprint density at radius 3 is 2.24 bits per heavy atom. The highest BCUT2D eigenvalue weighted by atomic mass is 28.4. The molecule has 0 spiro atoms. The third kappa shape index (κ3) is 6.14. The van der Waals surface area contributed by atoms with Gasteiger partial charge in [-0.05, 0) is 44.8 Å². The molecule has 0 saturated carbocycles. The second-order valence-corrected chi connectivity index (χ2v) is 13.6. The van der Waals surface area contributed by atoms with Crippen molar-refractivity contribution in [2.24, 2.45) is 5.41 Å². The van der Waals surface area contributed by atoms with E-state index in [2.05, 4.69) is 33.9 Å². The largest absolute Gasteiger partial charge is 0.416 e. The van der Waals surface area contributed by atoms with E-state index < -0.39 is 8.32 Å². The fourth-order valence-electron chi connectivity index (χ4n) is 2.78. The second kappa shape index (κ2) is 8.25. The maximum atomic E-state index is 6.55. The zero-order chi connectivity index (χ0) is 16.0. The second-order valence-electron chi connectivity index (χ2n) is 7.52. The average molecular weight is 333 g/mol. The van der Waals surface area contributed by atoms with Gasteiger partial charge in [0.2, 0.25) is 0 Å². The van der Waals surface area contributed by atoms with Gasteiger partial charge in [0.1, 0.15) is 0 Å². The Bertz CT molecular complexity index is 294. The van der Waals surface area contributed by atoms with Gasteiger partial charge in [-0.2, -0.15) is 0 Å². The lowest BCUT2D eigenvalue weighted by Crippen LogP contribution is -2.46. The standard InChI is InChI=1S/C16H36O3Si2/c1-6-15(13-18-14-15)12-17-10-9-11-21(4,5)19-16(20,7-2)8-3/h6-14H2,1-5,20H3. The zero-order valence-corrected chi connectivity index (χ0v) is 18.1. The number of hydrogen-bond acceptors (Lipinski definition) is 3. The van der Waals surface area contributed by atoms with Crippen molar-refractivity contribution in [2.75, 3.05) is 26.4 Å². The summed E-state index contributed by atoms with van der Waals surface area (Å²) in [5.41, 5.74) is 0.318. The molecule has 1 saturated heterocycles. The Hall–Kier alpha value is 0.314. The van der Waals surface area contributed by atoms with Crippen molar-refractivity contribution in [1.29, 1.82) is 0 Å². The molecule has 1 fully saturated rings. The number of hydrogen-bond donors (Lipinski definition) is 0. The van der Waals surface area contributed by atoms with Gasteiger partial charge in [-0.15, -0.1) is 0 Å². The molecule has 3 nitrogen and oxygen atoms in total. The van der Waals surface area contributed by atoms with Crippen molar-refractivity contribution in [3.8, 4) is 0 Å². The van der Waals surface area contributed by atoms with Crippen LogP contribution in [0.2, 0.25) is 19.1 Å². The first-order valence-electron chi connectivity index (χ1n) is 8.66. The highest BCUT2D eigenvalue weighted by Crippen LogP contribution is 2.31. The van der Waals surface area contributed by atoms with Crippen LogP contribution in [0.4, 0.5) is 0 Å². The van der Waals surface area contributed by atoms with E-state index in [1.165, 1.54) is 6.04 Å². The van der Waals surface area contributed by atoms with Gasteiger partial charge in [-0.25, -0.2) is 0 Å². The normalized spacial score (nSPS) is 18.7. The molecule has 1 heterocycles. The monoisotopic (exact) mass is 332 g/mol. The minimum absolute atomic E-state index is 0.201. The molecule has 1 rings (SSSR count). The Balaban J connectivity index is 2.21. The fraction of sp³-hybridized carbons (Fsp3) is 1.00. The minimum Gasteiger partial charge on any atom is -0.416 e. The first kappa shape index (κ1) is 19.4. The van der Waals surface area contributed by atoms with Crippen LogP contribution < -0.4 is 0 Å². The summed E-state index contributed by atoms with van der Waals surface area (Å²) in [5.74, 6) is 0. The van der Waals surface area contributed by atoms with Crippen molar-refractivity contribution in [1.82, 2.24) is 0 Å². The molecule has 0 amide bonds. The lowest BCUT2D eigenvalue weighted by molar-refractivity contribution is -0.150. The molecule has 5 heteroatoms. The van der Waals surface area contributed by atoms with Crippen LogP contribution in [0.3, 0.4) is 0 Å². The molecule has 0 aromatic carbocycles. The van der Waals surface area contributed by atoms with E-state index >= 15 is 0 Å². The van der Waals surface area contributed by atoms with Crippen LogP contribution in [0, 0.1) is 5.41 Å². The summed E-state index contributed by atoms with van der Waals surface area (Å²) in [4.78, 5) is 0. The predicted octanol–water partition coefficient (Wildman–Crippen LogP) is 2.92. The minimum atomic E-state index is -1.55. The van der Waals surface area contributed by atoms with Gasteiger partial charge in [-0.3, -0.25) is 0 Å². The van der Waals surface area contributed by atoms with Crippen LogP contribution in [-0.2, 0) is 13.9 Å². The fourth-order valence-corrected chi connectivity index (χ4v) is 7.16. The van der Waals surface area contributed by atoms with Crippen molar-refractivity contribution >= 4 is 18.6 Å². The Kier molecular flexibility index (Phi) is 7.60. The van der Waals surface area contributed by atoms with Crippen molar-refractivity contribution in [3.05, 3.63) is 0 Å². The summed E-state index contributed by atoms with van der Waals surface area (Å²) in [6.45, 7) is 15.0. The third-order valence-corrected chi connectivity index (χ3v) is 9.69. The van der Waals surface area contributed by atoms with E-state index in [1.54, 1.807) is 0 Å². The number of rotatable bonds is 11. The molecule has 0 aliphatic carbocycles. The van der Waals surface area contributed by atoms with E-state index in [1.807, 2.05) is 0 Å². The van der Waals surface area contributed by atoms with E-state index in [4.69, 9.17) is 13.9 Å². The smallest absolute Gasteiger partial charge is 0.187 e. The predicted molar refractivity (Wildman–Crippen MR) is 95.6 cm³/mol. The summed E-state index contributed by atoms with van der Waals surface area (Å²) in [5, 5.41) is 0.201. The molecular formula is C16H36O3Si2. The van der Waals surface area contributed by atoms with Gasteiger partial charge in [0, 0.05) is 27.5 Å². The molecule has 1 aliphatic rings. The molecule has 21 heavy (non-hydrogen) atoms. The molecule has 1 aliphatic heterocycles. The van der Waals surface area contributed by atoms with Gasteiger partial charge in [0.15, 0.2) is 8.32 Å². The van der Waals surface area contributed by atoms with Crippen molar-refractivity contribution < 1.29 is 13.9 Å². The lowest BCUT2D eigenvalue weighted by atomic mass is 9.84. The topological polar surface area (TPSA) is 27.7 Å². The van der Waals surface area contributed by atoms with Crippen LogP contribution in [0.25, 0.3) is 0 Å². The van der Waals surface area contributed by atoms with Crippen LogP contribution >= 0.6 is 0 Å². The van der Waals surface area contributed by atoms with Crippen LogP contribution in [-0.4, -0.2) is 50.2 Å². The zero-order valence-electron chi connectivity index (χ0n) is 15.1. The molecule has 0 bridgehead atoms. The highest BCUT2D eigenvalue weighted by Gasteiger charge is 2.37. The van der Waals surface area contributed by atoms with Crippen molar-refractivity contribution in [3.63, 3.8) is 0 Å². The van der Waals surface area contributed by atoms with E-state index in [9.17, 15) is 0 Å². The maximum absolute atomic E-state index is 6.55. The molecule has 0 N–H and O–H groups in total. The number of ether oxygens (including phenoxy) is 2. The van der Waals surface area contributed by atoms with Crippen LogP contribution in [0.15, 0.2) is 0 Å².